The van der Waals surface area contributed by atoms with Crippen molar-refractivity contribution in [3.05, 3.63) is 60.2 Å². The predicted octanol–water partition coefficient (Wildman–Crippen LogP) is 1.54. The van der Waals surface area contributed by atoms with Crippen LogP contribution in [0.25, 0.3) is 0 Å². The van der Waals surface area contributed by atoms with E-state index in [-0.39, 0.29) is 24.8 Å². The van der Waals surface area contributed by atoms with Gasteiger partial charge in [0.25, 0.3) is 0 Å². The van der Waals surface area contributed by atoms with E-state index in [2.05, 4.69) is 15.0 Å². The maximum Gasteiger partial charge on any atom is 0.213 e. The van der Waals surface area contributed by atoms with Gasteiger partial charge in [0.1, 0.15) is 5.75 Å². The molecule has 0 heterocycles. The average molecular weight is 362 g/mol. The molecule has 0 aliphatic rings. The van der Waals surface area contributed by atoms with E-state index in [1.54, 1.807) is 31.4 Å². The summed E-state index contributed by atoms with van der Waals surface area (Å²) in [6, 6.07) is 16.5. The molecule has 0 spiro atoms. The van der Waals surface area contributed by atoms with E-state index >= 15 is 0 Å². The van der Waals surface area contributed by atoms with Gasteiger partial charge in [-0.05, 0) is 29.8 Å². The lowest BCUT2D eigenvalue weighted by Gasteiger charge is -2.08. The van der Waals surface area contributed by atoms with Crippen LogP contribution in [0.3, 0.4) is 0 Å². The summed E-state index contributed by atoms with van der Waals surface area (Å²) in [6.45, 7) is 0.325. The van der Waals surface area contributed by atoms with Crippen molar-refractivity contribution in [2.75, 3.05) is 24.7 Å². The Labute approximate surface area is 148 Å². The van der Waals surface area contributed by atoms with E-state index in [1.807, 2.05) is 30.3 Å². The average Bonchev–Trinajstić information content (AvgIpc) is 2.61. The predicted molar refractivity (Wildman–Crippen MR) is 100 cm³/mol. The zero-order valence-corrected chi connectivity index (χ0v) is 14.8. The zero-order valence-electron chi connectivity index (χ0n) is 14.0. The van der Waals surface area contributed by atoms with Gasteiger partial charge < -0.3 is 15.8 Å². The van der Waals surface area contributed by atoms with Crippen LogP contribution in [0.5, 0.6) is 5.75 Å². The molecule has 0 bridgehead atoms. The van der Waals surface area contributed by atoms with Gasteiger partial charge in [-0.25, -0.2) is 13.1 Å². The molecule has 2 aromatic carbocycles. The third-order valence-electron chi connectivity index (χ3n) is 3.34. The third-order valence-corrected chi connectivity index (χ3v) is 4.65. The van der Waals surface area contributed by atoms with E-state index in [0.29, 0.717) is 0 Å². The Morgan fingerprint density at radius 3 is 2.44 bits per heavy atom. The van der Waals surface area contributed by atoms with E-state index in [9.17, 15) is 8.42 Å². The number of aliphatic imine (C=N–C) groups is 1. The fourth-order valence-corrected chi connectivity index (χ4v) is 2.87. The second kappa shape index (κ2) is 9.05. The van der Waals surface area contributed by atoms with Crippen LogP contribution in [-0.2, 0) is 16.6 Å². The van der Waals surface area contributed by atoms with Gasteiger partial charge in [-0.3, -0.25) is 4.99 Å². The van der Waals surface area contributed by atoms with Crippen molar-refractivity contribution in [3.63, 3.8) is 0 Å². The molecule has 0 saturated carbocycles. The summed E-state index contributed by atoms with van der Waals surface area (Å²) in [5.74, 6) is 0.755. The van der Waals surface area contributed by atoms with E-state index in [0.717, 1.165) is 17.0 Å². The summed E-state index contributed by atoms with van der Waals surface area (Å²) in [5.41, 5.74) is 7.40. The molecule has 2 rings (SSSR count). The number of nitrogens with zero attached hydrogens (tertiary/aromatic N) is 1. The first kappa shape index (κ1) is 18.8. The van der Waals surface area contributed by atoms with Gasteiger partial charge in [0.2, 0.25) is 10.0 Å². The van der Waals surface area contributed by atoms with Gasteiger partial charge in [-0.2, -0.15) is 0 Å². The molecule has 0 aromatic heterocycles. The first-order valence-corrected chi connectivity index (χ1v) is 9.36. The second-order valence-electron chi connectivity index (χ2n) is 5.25. The smallest absolute Gasteiger partial charge is 0.213 e. The quantitative estimate of drug-likeness (QED) is 0.488. The van der Waals surface area contributed by atoms with Crippen molar-refractivity contribution in [2.45, 2.75) is 6.54 Å². The molecule has 25 heavy (non-hydrogen) atoms. The van der Waals surface area contributed by atoms with Gasteiger partial charge in [-0.15, -0.1) is 0 Å². The summed E-state index contributed by atoms with van der Waals surface area (Å²) >= 11 is 0. The number of hydrogen-bond donors (Lipinski definition) is 3. The highest BCUT2D eigenvalue weighted by Gasteiger charge is 2.09. The lowest BCUT2D eigenvalue weighted by Crippen LogP contribution is -2.28. The number of sulfonamides is 1. The first-order chi connectivity index (χ1) is 12.0. The van der Waals surface area contributed by atoms with Crippen molar-refractivity contribution in [1.29, 1.82) is 0 Å². The van der Waals surface area contributed by atoms with Crippen LogP contribution in [0.2, 0.25) is 0 Å². The highest BCUT2D eigenvalue weighted by atomic mass is 32.2. The normalized spacial score (nSPS) is 12.0. The van der Waals surface area contributed by atoms with Gasteiger partial charge in [0.05, 0.1) is 19.4 Å². The highest BCUT2D eigenvalue weighted by Crippen LogP contribution is 2.14. The minimum absolute atomic E-state index is 0.0686. The largest absolute Gasteiger partial charge is 0.497 e. The molecule has 0 amide bonds. The van der Waals surface area contributed by atoms with Crippen molar-refractivity contribution in [2.24, 2.45) is 10.7 Å². The standard InChI is InChI=1S/C17H22N4O3S/c1-24-16-9-7-15(8-10-16)21-17(18)19-11-12-25(22,23)20-13-14-5-3-2-4-6-14/h2-10,20H,11-13H2,1H3,(H3,18,19,21). The monoisotopic (exact) mass is 362 g/mol. The van der Waals surface area contributed by atoms with E-state index < -0.39 is 10.0 Å². The van der Waals surface area contributed by atoms with Crippen molar-refractivity contribution in [1.82, 2.24) is 4.72 Å². The molecule has 0 aliphatic carbocycles. The third kappa shape index (κ3) is 6.82. The minimum Gasteiger partial charge on any atom is -0.497 e. The summed E-state index contributed by atoms with van der Waals surface area (Å²) in [7, 11) is -1.83. The number of benzene rings is 2. The number of nitrogens with two attached hydrogens (primary N) is 1. The van der Waals surface area contributed by atoms with Gasteiger partial charge in [0, 0.05) is 12.2 Å². The van der Waals surface area contributed by atoms with Gasteiger partial charge >= 0.3 is 0 Å². The first-order valence-electron chi connectivity index (χ1n) is 7.71. The molecular weight excluding hydrogens is 340 g/mol. The van der Waals surface area contributed by atoms with Crippen LogP contribution in [0.4, 0.5) is 5.69 Å². The van der Waals surface area contributed by atoms with Crippen LogP contribution >= 0.6 is 0 Å². The van der Waals surface area contributed by atoms with E-state index in [4.69, 9.17) is 10.5 Å². The fraction of sp³-hybridized carbons (Fsp3) is 0.235. The molecule has 0 radical (unpaired) electrons. The van der Waals surface area contributed by atoms with Crippen molar-refractivity contribution < 1.29 is 13.2 Å². The Balaban J connectivity index is 1.79. The van der Waals surface area contributed by atoms with Gasteiger partial charge in [0.15, 0.2) is 5.96 Å². The van der Waals surface area contributed by atoms with Crippen LogP contribution in [0.15, 0.2) is 59.6 Å². The fourth-order valence-electron chi connectivity index (χ4n) is 2.01. The molecule has 2 aromatic rings. The molecule has 0 atom stereocenters. The maximum absolute atomic E-state index is 12.0. The number of nitrogens with one attached hydrogen (secondary N) is 2. The molecule has 0 unspecified atom stereocenters. The molecule has 0 fully saturated rings. The lowest BCUT2D eigenvalue weighted by molar-refractivity contribution is 0.415. The molecule has 0 aliphatic heterocycles. The van der Waals surface area contributed by atoms with Crippen LogP contribution in [-0.4, -0.2) is 33.8 Å². The number of methoxy groups -OCH3 is 1. The maximum atomic E-state index is 12.0. The molecule has 134 valence electrons. The Bertz CT molecular complexity index is 790. The number of rotatable bonds is 8. The number of hydrogen-bond acceptors (Lipinski definition) is 4. The van der Waals surface area contributed by atoms with Crippen molar-refractivity contribution >= 4 is 21.7 Å². The van der Waals surface area contributed by atoms with Crippen molar-refractivity contribution in [3.8, 4) is 5.75 Å². The summed E-state index contributed by atoms with van der Waals surface area (Å²) in [5, 5.41) is 2.89. The highest BCUT2D eigenvalue weighted by molar-refractivity contribution is 7.89. The van der Waals surface area contributed by atoms with Gasteiger partial charge in [-0.1, -0.05) is 30.3 Å². The summed E-state index contributed by atoms with van der Waals surface area (Å²) in [6.07, 6.45) is 0. The SMILES string of the molecule is COc1ccc(NC(N)=NCCS(=O)(=O)NCc2ccccc2)cc1. The van der Waals surface area contributed by atoms with Crippen LogP contribution < -0.4 is 20.5 Å². The summed E-state index contributed by atoms with van der Waals surface area (Å²) in [4.78, 5) is 4.04. The minimum atomic E-state index is -3.41. The van der Waals surface area contributed by atoms with Crippen LogP contribution in [0.1, 0.15) is 5.56 Å². The second-order valence-corrected chi connectivity index (χ2v) is 7.17. The Kier molecular flexibility index (Phi) is 6.79. The number of anilines is 1. The lowest BCUT2D eigenvalue weighted by atomic mass is 10.2. The number of guanidine groups is 1. The zero-order chi connectivity index (χ0) is 18.1. The molecule has 7 nitrogen and oxygen atoms in total. The molecule has 4 N–H and O–H groups in total. The summed E-state index contributed by atoms with van der Waals surface area (Å²) < 4.78 is 31.5. The molecular formula is C17H22N4O3S. The molecule has 8 heteroatoms. The van der Waals surface area contributed by atoms with E-state index in [1.165, 1.54) is 0 Å². The number of ether oxygens (including phenoxy) is 1. The Hall–Kier alpha value is -2.58. The topological polar surface area (TPSA) is 106 Å². The Morgan fingerprint density at radius 1 is 1.12 bits per heavy atom. The molecule has 0 saturated heterocycles. The Morgan fingerprint density at radius 2 is 1.80 bits per heavy atom. The van der Waals surface area contributed by atoms with Crippen LogP contribution in [0, 0.1) is 0 Å².